The lowest BCUT2D eigenvalue weighted by molar-refractivity contribution is 0.108. The number of fused-ring (bicyclic) bond motifs is 1. The maximum absolute atomic E-state index is 12.3. The SMILES string of the molecule is Cc1nc(COc2ccc3c(c2)c(N)c(-c2ccc(NC(=O)OC(C)C4CC4)cc2)n3C2CCC2)no1. The number of benzene rings is 2. The maximum Gasteiger partial charge on any atom is 0.411 e. The van der Waals surface area contributed by atoms with Crippen molar-refractivity contribution in [3.63, 3.8) is 0 Å². The number of nitrogen functional groups attached to an aromatic ring is 1. The fraction of sp³-hybridized carbons (Fsp3) is 0.393. The molecule has 2 fully saturated rings. The van der Waals surface area contributed by atoms with Crippen molar-refractivity contribution in [2.24, 2.45) is 5.92 Å². The highest BCUT2D eigenvalue weighted by Crippen LogP contribution is 2.45. The van der Waals surface area contributed by atoms with Gasteiger partial charge in [0.1, 0.15) is 11.9 Å². The number of anilines is 2. The molecule has 6 rings (SSSR count). The summed E-state index contributed by atoms with van der Waals surface area (Å²) in [6.07, 6.45) is 5.24. The van der Waals surface area contributed by atoms with Gasteiger partial charge in [0.2, 0.25) is 11.7 Å². The maximum atomic E-state index is 12.3. The number of ether oxygens (including phenoxy) is 2. The summed E-state index contributed by atoms with van der Waals surface area (Å²) in [6.45, 7) is 3.91. The molecule has 9 heteroatoms. The van der Waals surface area contributed by atoms with Gasteiger partial charge >= 0.3 is 6.09 Å². The Hall–Kier alpha value is -4.01. The van der Waals surface area contributed by atoms with E-state index < -0.39 is 6.09 Å². The summed E-state index contributed by atoms with van der Waals surface area (Å²) in [5, 5.41) is 7.67. The molecule has 0 radical (unpaired) electrons. The zero-order valence-corrected chi connectivity index (χ0v) is 21.1. The lowest BCUT2D eigenvalue weighted by atomic mass is 9.92. The Balaban J connectivity index is 1.26. The molecule has 2 aliphatic carbocycles. The molecule has 2 aromatic carbocycles. The van der Waals surface area contributed by atoms with Crippen molar-refractivity contribution in [3.8, 4) is 17.0 Å². The van der Waals surface area contributed by atoms with E-state index in [-0.39, 0.29) is 12.7 Å². The number of aryl methyl sites for hydroxylation is 1. The third kappa shape index (κ3) is 4.73. The van der Waals surface area contributed by atoms with Crippen LogP contribution in [0.1, 0.15) is 56.8 Å². The molecule has 1 atom stereocenters. The van der Waals surface area contributed by atoms with E-state index in [2.05, 4.69) is 26.1 Å². The van der Waals surface area contributed by atoms with Gasteiger partial charge < -0.3 is 24.3 Å². The van der Waals surface area contributed by atoms with Gasteiger partial charge in [0.15, 0.2) is 6.61 Å². The molecule has 0 spiro atoms. The molecule has 2 aromatic heterocycles. The number of rotatable bonds is 8. The van der Waals surface area contributed by atoms with Gasteiger partial charge in [-0.1, -0.05) is 17.3 Å². The van der Waals surface area contributed by atoms with E-state index in [9.17, 15) is 4.79 Å². The molecule has 37 heavy (non-hydrogen) atoms. The van der Waals surface area contributed by atoms with Crippen molar-refractivity contribution in [2.45, 2.75) is 64.7 Å². The fourth-order valence-electron chi connectivity index (χ4n) is 4.96. The normalized spacial score (nSPS) is 16.4. The first kappa shape index (κ1) is 23.4. The van der Waals surface area contributed by atoms with E-state index in [0.29, 0.717) is 40.8 Å². The van der Waals surface area contributed by atoms with Crippen LogP contribution in [0.4, 0.5) is 16.2 Å². The van der Waals surface area contributed by atoms with E-state index in [0.717, 1.165) is 47.8 Å². The first-order valence-electron chi connectivity index (χ1n) is 12.9. The van der Waals surface area contributed by atoms with Crippen LogP contribution in [0, 0.1) is 12.8 Å². The number of nitrogens with two attached hydrogens (primary N) is 1. The molecule has 0 saturated heterocycles. The Morgan fingerprint density at radius 1 is 1.19 bits per heavy atom. The number of hydrogen-bond donors (Lipinski definition) is 2. The van der Waals surface area contributed by atoms with Crippen LogP contribution in [0.15, 0.2) is 47.0 Å². The van der Waals surface area contributed by atoms with Crippen LogP contribution in [0.25, 0.3) is 22.2 Å². The summed E-state index contributed by atoms with van der Waals surface area (Å²) >= 11 is 0. The molecule has 2 aliphatic rings. The zero-order chi connectivity index (χ0) is 25.5. The van der Waals surface area contributed by atoms with Gasteiger partial charge in [0.25, 0.3) is 0 Å². The van der Waals surface area contributed by atoms with Crippen molar-refractivity contribution in [3.05, 3.63) is 54.2 Å². The smallest absolute Gasteiger partial charge is 0.411 e. The molecule has 9 nitrogen and oxygen atoms in total. The lowest BCUT2D eigenvalue weighted by Crippen LogP contribution is -2.21. The van der Waals surface area contributed by atoms with Crippen molar-refractivity contribution in [1.29, 1.82) is 0 Å². The summed E-state index contributed by atoms with van der Waals surface area (Å²) in [4.78, 5) is 16.5. The van der Waals surface area contributed by atoms with Gasteiger partial charge in [0, 0.05) is 29.6 Å². The Labute approximate surface area is 214 Å². The van der Waals surface area contributed by atoms with E-state index >= 15 is 0 Å². The van der Waals surface area contributed by atoms with E-state index in [1.54, 1.807) is 6.92 Å². The predicted molar refractivity (Wildman–Crippen MR) is 140 cm³/mol. The lowest BCUT2D eigenvalue weighted by Gasteiger charge is -2.30. The number of nitrogens with one attached hydrogen (secondary N) is 1. The van der Waals surface area contributed by atoms with Crippen molar-refractivity contribution in [1.82, 2.24) is 14.7 Å². The van der Waals surface area contributed by atoms with Crippen molar-refractivity contribution < 1.29 is 18.8 Å². The van der Waals surface area contributed by atoms with Crippen LogP contribution >= 0.6 is 0 Å². The number of carbonyl (C=O) groups excluding carboxylic acids is 1. The number of amides is 1. The van der Waals surface area contributed by atoms with Crippen molar-refractivity contribution in [2.75, 3.05) is 11.1 Å². The molecule has 1 unspecified atom stereocenters. The highest BCUT2D eigenvalue weighted by Gasteiger charge is 2.31. The highest BCUT2D eigenvalue weighted by molar-refractivity contribution is 6.02. The molecule has 4 aromatic rings. The largest absolute Gasteiger partial charge is 0.485 e. The van der Waals surface area contributed by atoms with Gasteiger partial charge in [-0.05, 0) is 75.3 Å². The van der Waals surface area contributed by atoms with Crippen LogP contribution in [0.3, 0.4) is 0 Å². The second kappa shape index (κ2) is 9.46. The van der Waals surface area contributed by atoms with Gasteiger partial charge in [-0.25, -0.2) is 4.79 Å². The molecule has 0 bridgehead atoms. The third-order valence-corrected chi connectivity index (χ3v) is 7.37. The zero-order valence-electron chi connectivity index (χ0n) is 21.1. The quantitative estimate of drug-likeness (QED) is 0.294. The molecule has 1 amide bonds. The first-order valence-corrected chi connectivity index (χ1v) is 12.9. The Bertz CT molecular complexity index is 1430. The summed E-state index contributed by atoms with van der Waals surface area (Å²) in [5.41, 5.74) is 11.2. The molecule has 2 saturated carbocycles. The number of carbonyl (C=O) groups is 1. The van der Waals surface area contributed by atoms with Crippen LogP contribution in [0.5, 0.6) is 5.75 Å². The Morgan fingerprint density at radius 2 is 1.97 bits per heavy atom. The average Bonchev–Trinajstić information content (AvgIpc) is 3.57. The van der Waals surface area contributed by atoms with Crippen molar-refractivity contribution >= 4 is 28.4 Å². The summed E-state index contributed by atoms with van der Waals surface area (Å²) in [6, 6.07) is 14.2. The first-order chi connectivity index (χ1) is 18.0. The monoisotopic (exact) mass is 501 g/mol. The molecular weight excluding hydrogens is 470 g/mol. The average molecular weight is 502 g/mol. The Kier molecular flexibility index (Phi) is 5.98. The van der Waals surface area contributed by atoms with Crippen LogP contribution in [-0.2, 0) is 11.3 Å². The minimum absolute atomic E-state index is 0.0533. The highest BCUT2D eigenvalue weighted by atomic mass is 16.6. The Morgan fingerprint density at radius 3 is 2.62 bits per heavy atom. The number of nitrogens with zero attached hydrogens (tertiary/aromatic N) is 3. The van der Waals surface area contributed by atoms with Crippen LogP contribution < -0.4 is 15.8 Å². The fourth-order valence-corrected chi connectivity index (χ4v) is 4.96. The molecule has 0 aliphatic heterocycles. The van der Waals surface area contributed by atoms with Gasteiger partial charge in [-0.2, -0.15) is 4.98 Å². The summed E-state index contributed by atoms with van der Waals surface area (Å²) in [7, 11) is 0. The number of hydrogen-bond acceptors (Lipinski definition) is 7. The minimum Gasteiger partial charge on any atom is -0.485 e. The summed E-state index contributed by atoms with van der Waals surface area (Å²) < 4.78 is 18.8. The third-order valence-electron chi connectivity index (χ3n) is 7.37. The van der Waals surface area contributed by atoms with Gasteiger partial charge in [-0.3, -0.25) is 5.32 Å². The second-order valence-corrected chi connectivity index (χ2v) is 10.1. The van der Waals surface area contributed by atoms with Gasteiger partial charge in [-0.15, -0.1) is 0 Å². The molecule has 3 N–H and O–H groups in total. The molecule has 192 valence electrons. The topological polar surface area (TPSA) is 117 Å². The minimum atomic E-state index is -0.418. The van der Waals surface area contributed by atoms with E-state index in [1.165, 1.54) is 6.42 Å². The van der Waals surface area contributed by atoms with E-state index in [1.807, 2.05) is 43.3 Å². The molecular formula is C28H31N5O4. The van der Waals surface area contributed by atoms with Gasteiger partial charge in [0.05, 0.1) is 16.9 Å². The van der Waals surface area contributed by atoms with E-state index in [4.69, 9.17) is 19.7 Å². The van der Waals surface area contributed by atoms with Crippen LogP contribution in [-0.4, -0.2) is 26.9 Å². The second-order valence-electron chi connectivity index (χ2n) is 10.1. The molecule has 2 heterocycles. The predicted octanol–water partition coefficient (Wildman–Crippen LogP) is 6.23. The standard InChI is InChI=1S/C28H31N5O4/c1-16(18-6-7-18)36-28(34)31-20-10-8-19(9-11-20)27-26(29)23-14-22(35-15-25-30-17(2)37-32-25)12-13-24(23)33(27)21-4-3-5-21/h8-14,16,18,21H,3-7,15,29H2,1-2H3,(H,31,34). The summed E-state index contributed by atoms with van der Waals surface area (Å²) in [5.74, 6) is 2.19. The number of aromatic nitrogens is 3. The van der Waals surface area contributed by atoms with Crippen LogP contribution in [0.2, 0.25) is 0 Å².